The minimum atomic E-state index is -2.95. The smallest absolute Gasteiger partial charge is 0.203 e. The molecule has 1 aliphatic heterocycles. The summed E-state index contributed by atoms with van der Waals surface area (Å²) in [5.74, 6) is 0.723. The summed E-state index contributed by atoms with van der Waals surface area (Å²) in [6.45, 7) is 0. The fourth-order valence-electron chi connectivity index (χ4n) is 9.57. The van der Waals surface area contributed by atoms with Crippen LogP contribution >= 0.6 is 0 Å². The minimum Gasteiger partial charge on any atom is -0.456 e. The average Bonchev–Trinajstić information content (AvgIpc) is 3.93. The molecule has 12 rings (SSSR count). The van der Waals surface area contributed by atoms with Crippen molar-refractivity contribution >= 4 is 72.7 Å². The lowest BCUT2D eigenvalue weighted by molar-refractivity contribution is 0.669. The Kier molecular flexibility index (Phi) is 6.91. The highest BCUT2D eigenvalue weighted by Crippen LogP contribution is 2.44. The zero-order valence-corrected chi connectivity index (χ0v) is 31.8. The van der Waals surface area contributed by atoms with Gasteiger partial charge in [-0.3, -0.25) is 0 Å². The average molecular weight is 744 g/mol. The largest absolute Gasteiger partial charge is 0.456 e. The molecule has 266 valence electrons. The highest BCUT2D eigenvalue weighted by Gasteiger charge is 2.51. The second-order valence-corrected chi connectivity index (χ2v) is 18.5. The van der Waals surface area contributed by atoms with Crippen LogP contribution in [-0.2, 0) is 0 Å². The molecule has 0 N–H and O–H groups in total. The molecule has 0 unspecified atom stereocenters. The van der Waals surface area contributed by atoms with Gasteiger partial charge in [0.2, 0.25) is 8.07 Å². The lowest BCUT2D eigenvalue weighted by Crippen LogP contribution is -2.73. The first-order valence-corrected chi connectivity index (χ1v) is 21.4. The van der Waals surface area contributed by atoms with E-state index in [-0.39, 0.29) is 0 Å². The summed E-state index contributed by atoms with van der Waals surface area (Å²) in [5.41, 5.74) is 10.3. The van der Waals surface area contributed by atoms with Crippen LogP contribution in [-0.4, -0.2) is 22.6 Å². The summed E-state index contributed by atoms with van der Waals surface area (Å²) < 4.78 is 8.95. The van der Waals surface area contributed by atoms with Crippen molar-refractivity contribution < 1.29 is 4.42 Å². The van der Waals surface area contributed by atoms with Crippen LogP contribution in [0.4, 0.5) is 0 Å². The van der Waals surface area contributed by atoms with E-state index in [2.05, 4.69) is 199 Å². The van der Waals surface area contributed by atoms with Crippen molar-refractivity contribution in [1.29, 1.82) is 0 Å². The quantitative estimate of drug-likeness (QED) is 0.165. The van der Waals surface area contributed by atoms with Gasteiger partial charge in [-0.25, -0.2) is 9.97 Å². The maximum Gasteiger partial charge on any atom is 0.203 e. The molecule has 0 atom stereocenters. The van der Waals surface area contributed by atoms with Crippen molar-refractivity contribution in [3.05, 3.63) is 200 Å². The zero-order chi connectivity index (χ0) is 37.5. The van der Waals surface area contributed by atoms with E-state index >= 15 is 0 Å². The number of rotatable bonds is 5. The molecule has 11 aromatic rings. The second kappa shape index (κ2) is 12.3. The third kappa shape index (κ3) is 4.49. The molecule has 1 aliphatic rings. The summed E-state index contributed by atoms with van der Waals surface area (Å²) in [6, 6.07) is 71.8. The number of furan rings is 1. The second-order valence-electron chi connectivity index (χ2n) is 14.8. The molecular formula is C52H33N3OSi. The Morgan fingerprint density at radius 1 is 0.456 bits per heavy atom. The van der Waals surface area contributed by atoms with E-state index in [9.17, 15) is 0 Å². The Hall–Kier alpha value is -7.34. The lowest BCUT2D eigenvalue weighted by atomic mass is 9.99. The topological polar surface area (TPSA) is 43.9 Å². The molecule has 0 bridgehead atoms. The summed E-state index contributed by atoms with van der Waals surface area (Å²) >= 11 is 0. The van der Waals surface area contributed by atoms with Crippen LogP contribution in [0.5, 0.6) is 0 Å². The third-order valence-corrected chi connectivity index (χ3v) is 16.6. The maximum atomic E-state index is 6.50. The first kappa shape index (κ1) is 32.0. The van der Waals surface area contributed by atoms with Gasteiger partial charge in [0.05, 0.1) is 33.1 Å². The van der Waals surface area contributed by atoms with Gasteiger partial charge in [0, 0.05) is 32.8 Å². The minimum absolute atomic E-state index is 0.723. The fourth-order valence-corrected chi connectivity index (χ4v) is 14.6. The molecule has 0 aliphatic carbocycles. The third-order valence-electron chi connectivity index (χ3n) is 11.9. The molecule has 3 aromatic heterocycles. The fraction of sp³-hybridized carbons (Fsp3) is 0. The van der Waals surface area contributed by atoms with Gasteiger partial charge in [-0.05, 0) is 51.5 Å². The highest BCUT2D eigenvalue weighted by atomic mass is 28.3. The Labute approximate surface area is 330 Å². The number of fused-ring (bicyclic) bond motifs is 10. The summed E-state index contributed by atoms with van der Waals surface area (Å²) in [7, 11) is -2.95. The number of nitrogens with zero attached hydrogens (tertiary/aromatic N) is 3. The molecule has 0 saturated heterocycles. The van der Waals surface area contributed by atoms with Gasteiger partial charge < -0.3 is 8.98 Å². The van der Waals surface area contributed by atoms with Crippen molar-refractivity contribution in [1.82, 2.24) is 14.5 Å². The maximum absolute atomic E-state index is 6.50. The van der Waals surface area contributed by atoms with Crippen LogP contribution in [0.25, 0.3) is 83.2 Å². The first-order valence-electron chi connectivity index (χ1n) is 19.4. The normalized spacial score (nSPS) is 13.1. The van der Waals surface area contributed by atoms with E-state index in [0.717, 1.165) is 72.2 Å². The van der Waals surface area contributed by atoms with Crippen molar-refractivity contribution in [3.8, 4) is 39.5 Å². The molecule has 57 heavy (non-hydrogen) atoms. The molecule has 0 radical (unpaired) electrons. The van der Waals surface area contributed by atoms with Gasteiger partial charge in [-0.2, -0.15) is 0 Å². The number of aromatic nitrogens is 3. The van der Waals surface area contributed by atoms with E-state index < -0.39 is 8.07 Å². The monoisotopic (exact) mass is 743 g/mol. The molecule has 4 nitrogen and oxygen atoms in total. The summed E-state index contributed by atoms with van der Waals surface area (Å²) in [4.78, 5) is 11.4. The molecule has 8 aromatic carbocycles. The van der Waals surface area contributed by atoms with Gasteiger partial charge in [0.1, 0.15) is 11.2 Å². The standard InChI is InChI=1S/C52H33N3OSi/c1-4-18-34(19-5-1)51-53-49(48-41-27-13-17-31-46(41)57(52(48)54-51,35-20-6-2-7-21-35)36-22-8-3-9-23-36)39-25-11-15-29-43(39)55-42-28-14-10-24-37(42)38-32-33-45-47(50(38)55)40-26-12-16-30-44(40)56-45/h1-33H. The predicted octanol–water partition coefficient (Wildman–Crippen LogP) is 10.2. The molecule has 0 spiro atoms. The van der Waals surface area contributed by atoms with Crippen LogP contribution in [0.2, 0.25) is 0 Å². The number of para-hydroxylation sites is 3. The summed E-state index contributed by atoms with van der Waals surface area (Å²) in [6.07, 6.45) is 0. The van der Waals surface area contributed by atoms with E-state index in [0.29, 0.717) is 0 Å². The zero-order valence-electron chi connectivity index (χ0n) is 30.8. The van der Waals surface area contributed by atoms with Crippen LogP contribution in [0.3, 0.4) is 0 Å². The van der Waals surface area contributed by atoms with E-state index in [4.69, 9.17) is 14.4 Å². The van der Waals surface area contributed by atoms with Crippen LogP contribution in [0.15, 0.2) is 205 Å². The number of hydrogen-bond donors (Lipinski definition) is 0. The lowest BCUT2D eigenvalue weighted by Gasteiger charge is -2.30. The van der Waals surface area contributed by atoms with Gasteiger partial charge in [-0.15, -0.1) is 0 Å². The molecule has 0 saturated carbocycles. The van der Waals surface area contributed by atoms with E-state index in [1.165, 1.54) is 31.9 Å². The van der Waals surface area contributed by atoms with Crippen molar-refractivity contribution in [3.63, 3.8) is 0 Å². The molecule has 4 heterocycles. The Balaban J connectivity index is 1.25. The number of benzene rings is 8. The van der Waals surface area contributed by atoms with Gasteiger partial charge >= 0.3 is 0 Å². The van der Waals surface area contributed by atoms with Crippen LogP contribution < -0.4 is 20.9 Å². The van der Waals surface area contributed by atoms with E-state index in [1.807, 2.05) is 6.07 Å². The SMILES string of the molecule is c1ccc(-c2nc(-c3ccccc3-n3c4ccccc4c4ccc5oc6ccccc6c5c43)c3c(n2)[Si](c2ccccc2)(c2ccccc2)c2ccccc2-3)cc1. The first-order chi connectivity index (χ1) is 28.3. The van der Waals surface area contributed by atoms with Gasteiger partial charge in [0.25, 0.3) is 0 Å². The number of hydrogen-bond acceptors (Lipinski definition) is 3. The Bertz CT molecular complexity index is 3310. The van der Waals surface area contributed by atoms with E-state index in [1.54, 1.807) is 0 Å². The molecule has 0 fully saturated rings. The molecule has 5 heteroatoms. The van der Waals surface area contributed by atoms with Crippen molar-refractivity contribution in [2.45, 2.75) is 0 Å². The van der Waals surface area contributed by atoms with Gasteiger partial charge in [0.15, 0.2) is 5.82 Å². The Morgan fingerprint density at radius 3 is 1.84 bits per heavy atom. The predicted molar refractivity (Wildman–Crippen MR) is 237 cm³/mol. The highest BCUT2D eigenvalue weighted by molar-refractivity contribution is 7.21. The molecular weight excluding hydrogens is 711 g/mol. The Morgan fingerprint density at radius 2 is 1.07 bits per heavy atom. The van der Waals surface area contributed by atoms with Gasteiger partial charge in [-0.1, -0.05) is 170 Å². The van der Waals surface area contributed by atoms with Crippen LogP contribution in [0, 0.1) is 0 Å². The molecule has 0 amide bonds. The van der Waals surface area contributed by atoms with Crippen molar-refractivity contribution in [2.24, 2.45) is 0 Å². The van der Waals surface area contributed by atoms with Crippen LogP contribution in [0.1, 0.15) is 0 Å². The summed E-state index contributed by atoms with van der Waals surface area (Å²) in [5, 5.41) is 9.64. The van der Waals surface area contributed by atoms with Crippen molar-refractivity contribution in [2.75, 3.05) is 0 Å².